The minimum Gasteiger partial charge on any atom is -0.394 e. The number of nitrogens with zero attached hydrogens (tertiary/aromatic N) is 4. The molecule has 0 bridgehead atoms. The highest BCUT2D eigenvalue weighted by Crippen LogP contribution is 2.36. The van der Waals surface area contributed by atoms with Crippen LogP contribution >= 0.6 is 21.6 Å². The minimum atomic E-state index is -5.03. The third-order valence-corrected chi connectivity index (χ3v) is 7.13. The van der Waals surface area contributed by atoms with Gasteiger partial charge >= 0.3 is 12.1 Å². The van der Waals surface area contributed by atoms with Crippen molar-refractivity contribution in [3.8, 4) is 11.8 Å². The van der Waals surface area contributed by atoms with E-state index in [0.717, 1.165) is 0 Å². The number of rotatable bonds is 9. The fourth-order valence-electron chi connectivity index (χ4n) is 3.64. The van der Waals surface area contributed by atoms with Crippen LogP contribution in [-0.4, -0.2) is 94.1 Å². The highest BCUT2D eigenvalue weighted by Gasteiger charge is 2.39. The van der Waals surface area contributed by atoms with E-state index < -0.39 is 42.6 Å². The highest BCUT2D eigenvalue weighted by atomic mass is 33.1. The first kappa shape index (κ1) is 29.8. The van der Waals surface area contributed by atoms with Crippen molar-refractivity contribution in [2.24, 2.45) is 4.99 Å². The second-order valence-electron chi connectivity index (χ2n) is 8.28. The summed E-state index contributed by atoms with van der Waals surface area (Å²) < 4.78 is 50.9. The average Bonchev–Trinajstić information content (AvgIpc) is 3.41. The Hall–Kier alpha value is -2.71. The smallest absolute Gasteiger partial charge is 0.394 e. The maximum Gasteiger partial charge on any atom is 0.471 e. The van der Waals surface area contributed by atoms with E-state index in [1.54, 1.807) is 39.7 Å². The third-order valence-electron chi connectivity index (χ3n) is 5.17. The maximum atomic E-state index is 13.0. The molecule has 0 spiro atoms. The molecular formula is C22H27F3N6O5S2. The minimum absolute atomic E-state index is 0.0157. The van der Waals surface area contributed by atoms with Crippen molar-refractivity contribution in [1.29, 1.82) is 0 Å². The van der Waals surface area contributed by atoms with E-state index in [0.29, 0.717) is 6.42 Å². The molecule has 3 rings (SSSR count). The summed E-state index contributed by atoms with van der Waals surface area (Å²) >= 11 is 0. The predicted octanol–water partition coefficient (Wildman–Crippen LogP) is 2.00. The van der Waals surface area contributed by atoms with Gasteiger partial charge in [0.1, 0.15) is 17.8 Å². The molecule has 0 aromatic carbocycles. The average molecular weight is 577 g/mol. The number of H-pyrrole nitrogens is 1. The van der Waals surface area contributed by atoms with Gasteiger partial charge in [-0.25, -0.2) is 4.99 Å². The van der Waals surface area contributed by atoms with Crippen molar-refractivity contribution in [2.75, 3.05) is 33.5 Å². The van der Waals surface area contributed by atoms with E-state index in [1.807, 2.05) is 13.2 Å². The number of amides is 1. The second-order valence-corrected chi connectivity index (χ2v) is 11.0. The molecule has 11 nitrogen and oxygen atoms in total. The van der Waals surface area contributed by atoms with E-state index in [2.05, 4.69) is 26.8 Å². The summed E-state index contributed by atoms with van der Waals surface area (Å²) in [4.78, 5) is 36.8. The standard InChI is InChI=1S/C22H27F3N6O5S2/c1-12(38-37-4)35-14-8-16(36-15(14)10-32)31-9-13(6-5-7-26-20(34)22(23,24)25)17-18(31)28-21(29-19(17)33)27-11-30(2)3/h9,11-12,14-16,32H,7-8,10H2,1-4H3,(H,26,34)(H,28,29,33)/t12-,14?,15+,16+/m0/s1. The molecule has 0 radical (unpaired) electrons. The summed E-state index contributed by atoms with van der Waals surface area (Å²) in [6, 6.07) is 0. The number of aromatic nitrogens is 3. The van der Waals surface area contributed by atoms with Crippen molar-refractivity contribution < 1.29 is 32.5 Å². The van der Waals surface area contributed by atoms with Gasteiger partial charge in [0.15, 0.2) is 5.65 Å². The molecule has 0 aliphatic carbocycles. The lowest BCUT2D eigenvalue weighted by Crippen LogP contribution is -2.36. The molecule has 1 aliphatic heterocycles. The fourth-order valence-corrected chi connectivity index (χ4v) is 5.04. The molecule has 0 saturated carbocycles. The zero-order valence-corrected chi connectivity index (χ0v) is 22.5. The van der Waals surface area contributed by atoms with Crippen LogP contribution in [-0.2, 0) is 14.3 Å². The molecule has 1 unspecified atom stereocenters. The lowest BCUT2D eigenvalue weighted by atomic mass is 10.2. The quantitative estimate of drug-likeness (QED) is 0.135. The number of aliphatic hydroxyl groups excluding tert-OH is 1. The molecule has 1 fully saturated rings. The zero-order chi connectivity index (χ0) is 28.0. The Morgan fingerprint density at radius 3 is 2.89 bits per heavy atom. The largest absolute Gasteiger partial charge is 0.471 e. The lowest BCUT2D eigenvalue weighted by molar-refractivity contribution is -0.173. The van der Waals surface area contributed by atoms with Crippen LogP contribution < -0.4 is 10.9 Å². The van der Waals surface area contributed by atoms with Gasteiger partial charge in [-0.2, -0.15) is 18.2 Å². The number of ether oxygens (including phenoxy) is 2. The monoisotopic (exact) mass is 576 g/mol. The lowest BCUT2D eigenvalue weighted by Gasteiger charge is -2.20. The first-order valence-electron chi connectivity index (χ1n) is 11.2. The summed E-state index contributed by atoms with van der Waals surface area (Å²) in [7, 11) is 6.54. The number of halogens is 3. The van der Waals surface area contributed by atoms with E-state index in [4.69, 9.17) is 9.47 Å². The molecule has 3 heterocycles. The third kappa shape index (κ3) is 7.44. The number of aromatic amines is 1. The maximum absolute atomic E-state index is 13.0. The molecule has 2 aromatic rings. The fraction of sp³-hybridized carbons (Fsp3) is 0.545. The van der Waals surface area contributed by atoms with Crippen LogP contribution in [0.4, 0.5) is 19.1 Å². The van der Waals surface area contributed by atoms with Crippen molar-refractivity contribution in [1.82, 2.24) is 24.8 Å². The summed E-state index contributed by atoms with van der Waals surface area (Å²) in [6.07, 6.45) is -1.61. The van der Waals surface area contributed by atoms with Gasteiger partial charge in [0.05, 0.1) is 36.5 Å². The van der Waals surface area contributed by atoms with Crippen LogP contribution in [0.25, 0.3) is 11.0 Å². The summed E-state index contributed by atoms with van der Waals surface area (Å²) in [6.45, 7) is 0.999. The van der Waals surface area contributed by atoms with Gasteiger partial charge in [0.25, 0.3) is 5.56 Å². The van der Waals surface area contributed by atoms with Crippen molar-refractivity contribution in [2.45, 2.75) is 43.4 Å². The van der Waals surface area contributed by atoms with Crippen LogP contribution in [0.1, 0.15) is 25.1 Å². The molecule has 208 valence electrons. The number of fused-ring (bicyclic) bond motifs is 1. The zero-order valence-electron chi connectivity index (χ0n) is 20.9. The first-order valence-corrected chi connectivity index (χ1v) is 13.9. The highest BCUT2D eigenvalue weighted by molar-refractivity contribution is 8.76. The van der Waals surface area contributed by atoms with E-state index in [9.17, 15) is 27.9 Å². The van der Waals surface area contributed by atoms with Gasteiger partial charge in [-0.1, -0.05) is 33.4 Å². The number of carbonyl (C=O) groups excluding carboxylic acids is 1. The molecular weight excluding hydrogens is 549 g/mol. The molecule has 2 aromatic heterocycles. The number of hydrogen-bond donors (Lipinski definition) is 3. The first-order chi connectivity index (χ1) is 17.9. The number of alkyl halides is 3. The Bertz CT molecular complexity index is 1290. The number of hydrogen-bond acceptors (Lipinski definition) is 9. The molecule has 1 saturated heterocycles. The molecule has 38 heavy (non-hydrogen) atoms. The van der Waals surface area contributed by atoms with Gasteiger partial charge in [-0.05, 0) is 13.2 Å². The van der Waals surface area contributed by atoms with Gasteiger partial charge in [-0.3, -0.25) is 14.6 Å². The van der Waals surface area contributed by atoms with Crippen LogP contribution in [0.5, 0.6) is 0 Å². The number of aliphatic imine (C=N–C) groups is 1. The Morgan fingerprint density at radius 2 is 2.26 bits per heavy atom. The van der Waals surface area contributed by atoms with Crippen molar-refractivity contribution >= 4 is 50.8 Å². The Labute approximate surface area is 223 Å². The van der Waals surface area contributed by atoms with E-state index in [-0.39, 0.29) is 34.6 Å². The Morgan fingerprint density at radius 1 is 1.53 bits per heavy atom. The normalized spacial score (nSPS) is 20.5. The molecule has 4 atom stereocenters. The van der Waals surface area contributed by atoms with Crippen LogP contribution in [0.15, 0.2) is 16.0 Å². The van der Waals surface area contributed by atoms with Gasteiger partial charge < -0.3 is 29.4 Å². The van der Waals surface area contributed by atoms with Crippen LogP contribution in [0, 0.1) is 11.8 Å². The second kappa shape index (κ2) is 12.9. The van der Waals surface area contributed by atoms with Gasteiger partial charge in [-0.15, -0.1) is 0 Å². The summed E-state index contributed by atoms with van der Waals surface area (Å²) in [5.41, 5.74) is -0.401. The number of nitrogens with one attached hydrogen (secondary N) is 2. The summed E-state index contributed by atoms with van der Waals surface area (Å²) in [5, 5.41) is 11.6. The summed E-state index contributed by atoms with van der Waals surface area (Å²) in [5.74, 6) is 2.96. The number of carbonyl (C=O) groups is 1. The molecule has 1 aliphatic rings. The van der Waals surface area contributed by atoms with Gasteiger partial charge in [0, 0.05) is 26.7 Å². The molecule has 1 amide bonds. The predicted molar refractivity (Wildman–Crippen MR) is 139 cm³/mol. The van der Waals surface area contributed by atoms with Gasteiger partial charge in [0.2, 0.25) is 5.95 Å². The SMILES string of the molecule is CSS[C@@H](C)OC1C[C@H](n2cc(C#CCNC(=O)C(F)(F)F)c3c(=O)[nH]c(N=CN(C)C)nc32)O[C@@H]1CO. The topological polar surface area (TPSA) is 134 Å². The van der Waals surface area contributed by atoms with Crippen molar-refractivity contribution in [3.05, 3.63) is 22.1 Å². The van der Waals surface area contributed by atoms with E-state index in [1.165, 1.54) is 23.3 Å². The Kier molecular flexibility index (Phi) is 10.1. The van der Waals surface area contributed by atoms with Crippen LogP contribution in [0.2, 0.25) is 0 Å². The van der Waals surface area contributed by atoms with Crippen molar-refractivity contribution in [3.63, 3.8) is 0 Å². The Balaban J connectivity index is 1.99. The molecule has 3 N–H and O–H groups in total. The van der Waals surface area contributed by atoms with E-state index >= 15 is 0 Å². The molecule has 16 heteroatoms. The number of aliphatic hydroxyl groups is 1. The van der Waals surface area contributed by atoms with Crippen LogP contribution in [0.3, 0.4) is 0 Å².